The maximum absolute atomic E-state index is 12.3. The van der Waals surface area contributed by atoms with E-state index in [9.17, 15) is 9.90 Å². The van der Waals surface area contributed by atoms with Gasteiger partial charge in [-0.2, -0.15) is 0 Å². The lowest BCUT2D eigenvalue weighted by Gasteiger charge is -2.25. The van der Waals surface area contributed by atoms with Gasteiger partial charge in [-0.3, -0.25) is 4.79 Å². The van der Waals surface area contributed by atoms with Crippen LogP contribution in [0.2, 0.25) is 0 Å². The van der Waals surface area contributed by atoms with Gasteiger partial charge in [0.05, 0.1) is 31.4 Å². The van der Waals surface area contributed by atoms with Gasteiger partial charge in [-0.25, -0.2) is 0 Å². The van der Waals surface area contributed by atoms with Crippen LogP contribution in [-0.2, 0) is 9.53 Å². The van der Waals surface area contributed by atoms with E-state index in [0.29, 0.717) is 18.0 Å². The number of carbonyl (C=O) groups excluding carboxylic acids is 1. The van der Waals surface area contributed by atoms with Gasteiger partial charge >= 0.3 is 0 Å². The van der Waals surface area contributed by atoms with Crippen molar-refractivity contribution in [3.8, 4) is 11.5 Å². The normalized spacial score (nSPS) is 26.2. The molecule has 6 nitrogen and oxygen atoms in total. The number of phenols is 1. The lowest BCUT2D eigenvalue weighted by atomic mass is 9.85. The van der Waals surface area contributed by atoms with Crippen LogP contribution < -0.4 is 15.8 Å². The fourth-order valence-electron chi connectivity index (χ4n) is 1.93. The van der Waals surface area contributed by atoms with Crippen molar-refractivity contribution in [1.29, 1.82) is 0 Å². The minimum Gasteiger partial charge on any atom is -0.506 e. The molecule has 2 unspecified atom stereocenters. The standard InChI is InChI=1S/C13H18N2O4/c1-13(7-19-6-11(13)14)12(17)15-9-5-8(18-2)3-4-10(9)16/h3-5,11,16H,6-7,14H2,1-2H3,(H,15,17). The molecule has 1 saturated heterocycles. The van der Waals surface area contributed by atoms with Crippen molar-refractivity contribution in [2.24, 2.45) is 11.1 Å². The number of hydrogen-bond donors (Lipinski definition) is 3. The Balaban J connectivity index is 2.19. The number of rotatable bonds is 3. The second kappa shape index (κ2) is 5.07. The molecule has 0 aromatic heterocycles. The highest BCUT2D eigenvalue weighted by Crippen LogP contribution is 2.32. The van der Waals surface area contributed by atoms with Gasteiger partial charge < -0.3 is 25.6 Å². The lowest BCUT2D eigenvalue weighted by Crippen LogP contribution is -2.47. The highest BCUT2D eigenvalue weighted by Gasteiger charge is 2.44. The van der Waals surface area contributed by atoms with Crippen molar-refractivity contribution in [2.45, 2.75) is 13.0 Å². The lowest BCUT2D eigenvalue weighted by molar-refractivity contribution is -0.125. The van der Waals surface area contributed by atoms with Gasteiger partial charge in [0.25, 0.3) is 0 Å². The molecular formula is C13H18N2O4. The molecule has 6 heteroatoms. The third-order valence-electron chi connectivity index (χ3n) is 3.49. The zero-order valence-electron chi connectivity index (χ0n) is 11.0. The third kappa shape index (κ3) is 2.50. The summed E-state index contributed by atoms with van der Waals surface area (Å²) in [6, 6.07) is 4.26. The van der Waals surface area contributed by atoms with Crippen molar-refractivity contribution in [1.82, 2.24) is 0 Å². The van der Waals surface area contributed by atoms with Crippen molar-refractivity contribution < 1.29 is 19.4 Å². The number of benzene rings is 1. The monoisotopic (exact) mass is 266 g/mol. The van der Waals surface area contributed by atoms with Crippen molar-refractivity contribution in [3.63, 3.8) is 0 Å². The van der Waals surface area contributed by atoms with Crippen LogP contribution in [0.1, 0.15) is 6.92 Å². The Morgan fingerprint density at radius 1 is 1.63 bits per heavy atom. The molecular weight excluding hydrogens is 248 g/mol. The summed E-state index contributed by atoms with van der Waals surface area (Å²) in [5.41, 5.74) is 5.39. The van der Waals surface area contributed by atoms with E-state index in [-0.39, 0.29) is 24.3 Å². The number of methoxy groups -OCH3 is 1. The molecule has 0 bridgehead atoms. The summed E-state index contributed by atoms with van der Waals surface area (Å²) in [6.07, 6.45) is 0. The van der Waals surface area contributed by atoms with E-state index >= 15 is 0 Å². The zero-order valence-corrected chi connectivity index (χ0v) is 11.0. The van der Waals surface area contributed by atoms with Crippen LogP contribution in [-0.4, -0.2) is 37.4 Å². The Bertz CT molecular complexity index is 492. The van der Waals surface area contributed by atoms with Crippen LogP contribution in [0, 0.1) is 5.41 Å². The maximum Gasteiger partial charge on any atom is 0.234 e. The average molecular weight is 266 g/mol. The number of nitrogens with two attached hydrogens (primary N) is 1. The van der Waals surface area contributed by atoms with E-state index in [1.165, 1.54) is 13.2 Å². The number of anilines is 1. The van der Waals surface area contributed by atoms with Crippen LogP contribution >= 0.6 is 0 Å². The Labute approximate surface area is 111 Å². The summed E-state index contributed by atoms with van der Waals surface area (Å²) in [5, 5.41) is 12.4. The summed E-state index contributed by atoms with van der Waals surface area (Å²) in [4.78, 5) is 12.3. The smallest absolute Gasteiger partial charge is 0.234 e. The second-order valence-corrected chi connectivity index (χ2v) is 4.88. The molecule has 1 aliphatic rings. The molecule has 1 fully saturated rings. The van der Waals surface area contributed by atoms with Crippen molar-refractivity contribution in [2.75, 3.05) is 25.6 Å². The highest BCUT2D eigenvalue weighted by molar-refractivity contribution is 5.97. The largest absolute Gasteiger partial charge is 0.506 e. The van der Waals surface area contributed by atoms with E-state index in [4.69, 9.17) is 15.2 Å². The fraction of sp³-hybridized carbons (Fsp3) is 0.462. The Morgan fingerprint density at radius 3 is 2.95 bits per heavy atom. The predicted molar refractivity (Wildman–Crippen MR) is 70.2 cm³/mol. The first kappa shape index (κ1) is 13.6. The highest BCUT2D eigenvalue weighted by atomic mass is 16.5. The van der Waals surface area contributed by atoms with Crippen LogP contribution in [0.25, 0.3) is 0 Å². The average Bonchev–Trinajstić information content (AvgIpc) is 2.73. The Kier molecular flexibility index (Phi) is 3.64. The molecule has 1 heterocycles. The van der Waals surface area contributed by atoms with Crippen LogP contribution in [0.4, 0.5) is 5.69 Å². The van der Waals surface area contributed by atoms with Gasteiger partial charge in [0, 0.05) is 12.1 Å². The number of amides is 1. The van der Waals surface area contributed by atoms with E-state index < -0.39 is 5.41 Å². The molecule has 0 aliphatic carbocycles. The Hall–Kier alpha value is -1.79. The molecule has 4 N–H and O–H groups in total. The summed E-state index contributed by atoms with van der Waals surface area (Å²) in [7, 11) is 1.51. The quantitative estimate of drug-likeness (QED) is 0.700. The summed E-state index contributed by atoms with van der Waals surface area (Å²) < 4.78 is 10.3. The van der Waals surface area contributed by atoms with Crippen LogP contribution in [0.15, 0.2) is 18.2 Å². The summed E-state index contributed by atoms with van der Waals surface area (Å²) in [5.74, 6) is 0.247. The fourth-order valence-corrected chi connectivity index (χ4v) is 1.93. The van der Waals surface area contributed by atoms with Gasteiger partial charge in [-0.15, -0.1) is 0 Å². The van der Waals surface area contributed by atoms with E-state index in [1.807, 2.05) is 0 Å². The number of carbonyl (C=O) groups is 1. The topological polar surface area (TPSA) is 93.8 Å². The molecule has 0 spiro atoms. The predicted octanol–water partition coefficient (Wildman–Crippen LogP) is 0.703. The number of phenolic OH excluding ortho intramolecular Hbond substituents is 1. The van der Waals surface area contributed by atoms with Gasteiger partial charge in [0.15, 0.2) is 0 Å². The minimum atomic E-state index is -0.796. The number of aromatic hydroxyl groups is 1. The van der Waals surface area contributed by atoms with Crippen LogP contribution in [0.5, 0.6) is 11.5 Å². The first-order chi connectivity index (χ1) is 8.97. The number of hydrogen-bond acceptors (Lipinski definition) is 5. The maximum atomic E-state index is 12.3. The second-order valence-electron chi connectivity index (χ2n) is 4.88. The molecule has 1 aliphatic heterocycles. The minimum absolute atomic E-state index is 0.0229. The zero-order chi connectivity index (χ0) is 14.0. The van der Waals surface area contributed by atoms with Gasteiger partial charge in [-0.1, -0.05) is 0 Å². The van der Waals surface area contributed by atoms with E-state index in [0.717, 1.165) is 0 Å². The summed E-state index contributed by atoms with van der Waals surface area (Å²) in [6.45, 7) is 2.37. The van der Waals surface area contributed by atoms with Gasteiger partial charge in [-0.05, 0) is 19.1 Å². The summed E-state index contributed by atoms with van der Waals surface area (Å²) >= 11 is 0. The van der Waals surface area contributed by atoms with Crippen molar-refractivity contribution >= 4 is 11.6 Å². The molecule has 2 atom stereocenters. The molecule has 1 aromatic rings. The molecule has 0 saturated carbocycles. The van der Waals surface area contributed by atoms with Gasteiger partial charge in [0.1, 0.15) is 11.5 Å². The number of ether oxygens (including phenoxy) is 2. The van der Waals surface area contributed by atoms with Crippen LogP contribution in [0.3, 0.4) is 0 Å². The third-order valence-corrected chi connectivity index (χ3v) is 3.49. The Morgan fingerprint density at radius 2 is 2.37 bits per heavy atom. The SMILES string of the molecule is COc1ccc(O)c(NC(=O)C2(C)COCC2N)c1. The first-order valence-corrected chi connectivity index (χ1v) is 5.99. The van der Waals surface area contributed by atoms with Crippen molar-refractivity contribution in [3.05, 3.63) is 18.2 Å². The molecule has 19 heavy (non-hydrogen) atoms. The van der Waals surface area contributed by atoms with Gasteiger partial charge in [0.2, 0.25) is 5.91 Å². The molecule has 0 radical (unpaired) electrons. The first-order valence-electron chi connectivity index (χ1n) is 5.99. The molecule has 104 valence electrons. The van der Waals surface area contributed by atoms with E-state index in [1.54, 1.807) is 19.1 Å². The molecule has 2 rings (SSSR count). The van der Waals surface area contributed by atoms with E-state index in [2.05, 4.69) is 5.32 Å². The molecule has 1 amide bonds. The number of nitrogens with one attached hydrogen (secondary N) is 1. The molecule has 1 aromatic carbocycles.